The smallest absolute Gasteiger partial charge is 0.305 e. The summed E-state index contributed by atoms with van der Waals surface area (Å²) in [5.41, 5.74) is 1.25. The van der Waals surface area contributed by atoms with Gasteiger partial charge in [-0.25, -0.2) is 0 Å². The summed E-state index contributed by atoms with van der Waals surface area (Å²) in [5, 5.41) is 0. The Morgan fingerprint density at radius 1 is 1.20 bits per heavy atom. The Hall–Kier alpha value is -1.59. The predicted octanol–water partition coefficient (Wildman–Crippen LogP) is 3.44. The van der Waals surface area contributed by atoms with Gasteiger partial charge < -0.3 is 14.2 Å². The van der Waals surface area contributed by atoms with Crippen LogP contribution in [0.1, 0.15) is 43.7 Å². The van der Waals surface area contributed by atoms with Crippen LogP contribution in [-0.4, -0.2) is 51.9 Å². The van der Waals surface area contributed by atoms with E-state index in [0.717, 1.165) is 38.0 Å². The van der Waals surface area contributed by atoms with Crippen molar-refractivity contribution < 1.29 is 19.0 Å². The highest BCUT2D eigenvalue weighted by Gasteiger charge is 2.31. The summed E-state index contributed by atoms with van der Waals surface area (Å²) in [6.07, 6.45) is 4.40. The van der Waals surface area contributed by atoms with E-state index in [2.05, 4.69) is 24.1 Å². The fourth-order valence-corrected chi connectivity index (χ4v) is 3.55. The molecular formula is C20H31NO4. The number of benzene rings is 1. The van der Waals surface area contributed by atoms with Gasteiger partial charge in [0.15, 0.2) is 0 Å². The number of hydrogen-bond donors (Lipinski definition) is 0. The predicted molar refractivity (Wildman–Crippen MR) is 97.8 cm³/mol. The maximum absolute atomic E-state index is 12.0. The summed E-state index contributed by atoms with van der Waals surface area (Å²) in [4.78, 5) is 14.3. The number of rotatable bonds is 9. The fraction of sp³-hybridized carbons (Fsp3) is 0.650. The number of nitrogens with zero attached hydrogens (tertiary/aromatic N) is 1. The second kappa shape index (κ2) is 10.4. The summed E-state index contributed by atoms with van der Waals surface area (Å²) >= 11 is 0. The Morgan fingerprint density at radius 2 is 1.96 bits per heavy atom. The molecule has 1 saturated heterocycles. The molecule has 25 heavy (non-hydrogen) atoms. The Kier molecular flexibility index (Phi) is 8.22. The molecule has 0 N–H and O–H groups in total. The van der Waals surface area contributed by atoms with Crippen LogP contribution in [-0.2, 0) is 14.3 Å². The lowest BCUT2D eigenvalue weighted by Gasteiger charge is -2.39. The molecule has 0 aromatic heterocycles. The highest BCUT2D eigenvalue weighted by Crippen LogP contribution is 2.35. The summed E-state index contributed by atoms with van der Waals surface area (Å²) in [6, 6.07) is 8.50. The monoisotopic (exact) mass is 349 g/mol. The molecular weight excluding hydrogens is 318 g/mol. The number of esters is 1. The number of piperidine rings is 1. The van der Waals surface area contributed by atoms with E-state index in [0.29, 0.717) is 25.6 Å². The summed E-state index contributed by atoms with van der Waals surface area (Å²) in [5.74, 6) is 1.09. The largest absolute Gasteiger partial charge is 0.497 e. The minimum atomic E-state index is -0.0992. The van der Waals surface area contributed by atoms with E-state index in [1.165, 1.54) is 5.56 Å². The molecule has 0 bridgehead atoms. The minimum Gasteiger partial charge on any atom is -0.497 e. The van der Waals surface area contributed by atoms with Gasteiger partial charge in [-0.15, -0.1) is 0 Å². The maximum atomic E-state index is 12.0. The lowest BCUT2D eigenvalue weighted by molar-refractivity contribution is -0.146. The zero-order valence-electron chi connectivity index (χ0n) is 15.7. The first-order valence-electron chi connectivity index (χ1n) is 9.14. The van der Waals surface area contributed by atoms with Gasteiger partial charge in [-0.1, -0.05) is 12.1 Å². The van der Waals surface area contributed by atoms with Crippen LogP contribution in [0.3, 0.4) is 0 Å². The lowest BCUT2D eigenvalue weighted by Crippen LogP contribution is -2.38. The Labute approximate surface area is 151 Å². The number of carbonyl (C=O) groups excluding carboxylic acids is 1. The summed E-state index contributed by atoms with van der Waals surface area (Å²) in [7, 11) is 5.50. The van der Waals surface area contributed by atoms with E-state index >= 15 is 0 Å². The zero-order valence-corrected chi connectivity index (χ0v) is 15.7. The second-order valence-corrected chi connectivity index (χ2v) is 6.73. The average Bonchev–Trinajstić information content (AvgIpc) is 2.64. The summed E-state index contributed by atoms with van der Waals surface area (Å²) in [6.45, 7) is 2.25. The third-order valence-corrected chi connectivity index (χ3v) is 4.90. The molecule has 0 radical (unpaired) electrons. The van der Waals surface area contributed by atoms with Crippen LogP contribution in [0.25, 0.3) is 0 Å². The maximum Gasteiger partial charge on any atom is 0.305 e. The van der Waals surface area contributed by atoms with Gasteiger partial charge in [0.1, 0.15) is 5.75 Å². The molecule has 1 heterocycles. The molecule has 1 aliphatic heterocycles. The molecule has 5 nitrogen and oxygen atoms in total. The SMILES string of the molecule is COCCCCC(=O)OC[C@@H]1CCCN(C)[C@@H]1c1ccc(OC)cc1. The third-order valence-electron chi connectivity index (χ3n) is 4.90. The van der Waals surface area contributed by atoms with Crippen molar-refractivity contribution in [1.82, 2.24) is 4.90 Å². The van der Waals surface area contributed by atoms with E-state index in [4.69, 9.17) is 14.2 Å². The first kappa shape index (κ1) is 19.7. The normalized spacial score (nSPS) is 21.1. The first-order chi connectivity index (χ1) is 12.2. The van der Waals surface area contributed by atoms with Crippen LogP contribution in [0.15, 0.2) is 24.3 Å². The van der Waals surface area contributed by atoms with E-state index in [1.807, 2.05) is 12.1 Å². The van der Waals surface area contributed by atoms with Gasteiger partial charge in [0.05, 0.1) is 13.7 Å². The van der Waals surface area contributed by atoms with Crippen LogP contribution in [0.4, 0.5) is 0 Å². The zero-order chi connectivity index (χ0) is 18.1. The Bertz CT molecular complexity index is 517. The lowest BCUT2D eigenvalue weighted by atomic mass is 9.85. The molecule has 2 rings (SSSR count). The van der Waals surface area contributed by atoms with Crippen LogP contribution in [0.2, 0.25) is 0 Å². The van der Waals surface area contributed by atoms with E-state index in [-0.39, 0.29) is 12.0 Å². The topological polar surface area (TPSA) is 48.0 Å². The molecule has 0 unspecified atom stereocenters. The molecule has 0 saturated carbocycles. The molecule has 1 aliphatic rings. The first-order valence-corrected chi connectivity index (χ1v) is 9.14. The molecule has 1 aromatic carbocycles. The number of hydrogen-bond acceptors (Lipinski definition) is 5. The van der Waals surface area contributed by atoms with Crippen molar-refractivity contribution in [1.29, 1.82) is 0 Å². The molecule has 0 amide bonds. The van der Waals surface area contributed by atoms with Crippen molar-refractivity contribution in [2.45, 2.75) is 38.1 Å². The van der Waals surface area contributed by atoms with Crippen LogP contribution < -0.4 is 4.74 Å². The van der Waals surface area contributed by atoms with E-state index in [1.54, 1.807) is 14.2 Å². The van der Waals surface area contributed by atoms with Crippen molar-refractivity contribution in [3.05, 3.63) is 29.8 Å². The van der Waals surface area contributed by atoms with Gasteiger partial charge in [0.25, 0.3) is 0 Å². The van der Waals surface area contributed by atoms with Gasteiger partial charge in [0, 0.05) is 32.1 Å². The molecule has 0 aliphatic carbocycles. The van der Waals surface area contributed by atoms with Gasteiger partial charge in [-0.3, -0.25) is 9.69 Å². The van der Waals surface area contributed by atoms with Crippen LogP contribution in [0, 0.1) is 5.92 Å². The number of methoxy groups -OCH3 is 2. The van der Waals surface area contributed by atoms with E-state index < -0.39 is 0 Å². The number of likely N-dealkylation sites (tertiary alicyclic amines) is 1. The van der Waals surface area contributed by atoms with Crippen LogP contribution in [0.5, 0.6) is 5.75 Å². The van der Waals surface area contributed by atoms with Gasteiger partial charge in [0.2, 0.25) is 0 Å². The van der Waals surface area contributed by atoms with Crippen molar-refractivity contribution in [3.8, 4) is 5.75 Å². The van der Waals surface area contributed by atoms with Crippen molar-refractivity contribution in [2.24, 2.45) is 5.92 Å². The van der Waals surface area contributed by atoms with Crippen molar-refractivity contribution >= 4 is 5.97 Å². The highest BCUT2D eigenvalue weighted by molar-refractivity contribution is 5.69. The second-order valence-electron chi connectivity index (χ2n) is 6.73. The number of carbonyl (C=O) groups is 1. The van der Waals surface area contributed by atoms with Crippen LogP contribution >= 0.6 is 0 Å². The molecule has 2 atom stereocenters. The number of ether oxygens (including phenoxy) is 3. The quantitative estimate of drug-likeness (QED) is 0.505. The molecule has 1 aromatic rings. The Morgan fingerprint density at radius 3 is 2.64 bits per heavy atom. The van der Waals surface area contributed by atoms with Gasteiger partial charge in [-0.05, 0) is 57.0 Å². The van der Waals surface area contributed by atoms with Gasteiger partial charge >= 0.3 is 5.97 Å². The van der Waals surface area contributed by atoms with E-state index in [9.17, 15) is 4.79 Å². The van der Waals surface area contributed by atoms with Crippen molar-refractivity contribution in [3.63, 3.8) is 0 Å². The molecule has 5 heteroatoms. The average molecular weight is 349 g/mol. The third kappa shape index (κ3) is 6.01. The molecule has 0 spiro atoms. The molecule has 140 valence electrons. The summed E-state index contributed by atoms with van der Waals surface area (Å²) < 4.78 is 15.8. The highest BCUT2D eigenvalue weighted by atomic mass is 16.5. The Balaban J connectivity index is 1.91. The van der Waals surface area contributed by atoms with Crippen molar-refractivity contribution in [2.75, 3.05) is 41.0 Å². The minimum absolute atomic E-state index is 0.0992. The fourth-order valence-electron chi connectivity index (χ4n) is 3.55. The standard InChI is InChI=1S/C20H31NO4/c1-21-13-6-7-17(15-25-19(22)8-4-5-14-23-2)20(21)16-9-11-18(24-3)12-10-16/h9-12,17,20H,4-8,13-15H2,1-3H3/t17-,20+/m0/s1. The molecule has 1 fully saturated rings. The van der Waals surface area contributed by atoms with Gasteiger partial charge in [-0.2, -0.15) is 0 Å². The number of unbranched alkanes of at least 4 members (excludes halogenated alkanes) is 1.